The monoisotopic (exact) mass is 346 g/mol. The fourth-order valence-corrected chi connectivity index (χ4v) is 3.50. The van der Waals surface area contributed by atoms with Gasteiger partial charge in [0.2, 0.25) is 0 Å². The molecule has 3 aromatic carbocycles. The highest BCUT2D eigenvalue weighted by Crippen LogP contribution is 2.37. The number of hydrogen-bond acceptors (Lipinski definition) is 0. The third-order valence-electron chi connectivity index (χ3n) is 3.62. The van der Waals surface area contributed by atoms with Crippen LogP contribution in [0.2, 0.25) is 0 Å². The lowest BCUT2D eigenvalue weighted by Gasteiger charge is -2.17. The van der Waals surface area contributed by atoms with Gasteiger partial charge >= 0.3 is 0 Å². The summed E-state index contributed by atoms with van der Waals surface area (Å²) in [5.41, 5.74) is 2.70. The normalized spacial score (nSPS) is 12.6. The van der Waals surface area contributed by atoms with Crippen molar-refractivity contribution in [2.45, 2.75) is 11.8 Å². The zero-order chi connectivity index (χ0) is 15.0. The van der Waals surface area contributed by atoms with Crippen LogP contribution in [-0.2, 0) is 0 Å². The van der Waals surface area contributed by atoms with E-state index in [0.717, 1.165) is 28.0 Å². The summed E-state index contributed by atoms with van der Waals surface area (Å²) < 4.78 is 26.9. The lowest BCUT2D eigenvalue weighted by atomic mass is 9.94. The van der Waals surface area contributed by atoms with E-state index in [1.165, 1.54) is 12.1 Å². The van der Waals surface area contributed by atoms with Crippen LogP contribution in [0, 0.1) is 18.6 Å². The molecule has 0 nitrogen and oxygen atoms in total. The van der Waals surface area contributed by atoms with Crippen molar-refractivity contribution >= 4 is 26.7 Å². The highest BCUT2D eigenvalue weighted by molar-refractivity contribution is 9.09. The molecule has 106 valence electrons. The number of alkyl halides is 1. The summed E-state index contributed by atoms with van der Waals surface area (Å²) in [6.45, 7) is 2.01. The summed E-state index contributed by atoms with van der Waals surface area (Å²) in [6, 6.07) is 15.7. The molecule has 3 aromatic rings. The average Bonchev–Trinajstić information content (AvgIpc) is 2.45. The quantitative estimate of drug-likeness (QED) is 0.506. The first-order valence-electron chi connectivity index (χ1n) is 6.64. The molecule has 0 saturated heterocycles. The number of fused-ring (bicyclic) bond motifs is 1. The lowest BCUT2D eigenvalue weighted by molar-refractivity contribution is 0.580. The first kappa shape index (κ1) is 14.2. The predicted molar refractivity (Wildman–Crippen MR) is 85.8 cm³/mol. The number of aryl methyl sites for hydroxylation is 1. The maximum absolute atomic E-state index is 13.5. The van der Waals surface area contributed by atoms with Gasteiger partial charge in [0.15, 0.2) is 0 Å². The van der Waals surface area contributed by atoms with Crippen LogP contribution in [0.5, 0.6) is 0 Å². The Labute approximate surface area is 130 Å². The van der Waals surface area contributed by atoms with Gasteiger partial charge in [-0.1, -0.05) is 52.3 Å². The van der Waals surface area contributed by atoms with E-state index in [1.807, 2.05) is 37.3 Å². The lowest BCUT2D eigenvalue weighted by Crippen LogP contribution is -1.99. The molecule has 3 heteroatoms. The molecule has 0 aliphatic rings. The van der Waals surface area contributed by atoms with E-state index in [4.69, 9.17) is 0 Å². The van der Waals surface area contributed by atoms with Crippen LogP contribution >= 0.6 is 15.9 Å². The van der Waals surface area contributed by atoms with Crippen molar-refractivity contribution in [1.29, 1.82) is 0 Å². The van der Waals surface area contributed by atoms with Crippen molar-refractivity contribution < 1.29 is 8.78 Å². The summed E-state index contributed by atoms with van der Waals surface area (Å²) in [6.07, 6.45) is 0. The number of hydrogen-bond donors (Lipinski definition) is 0. The Morgan fingerprint density at radius 3 is 2.29 bits per heavy atom. The Balaban J connectivity index is 2.21. The van der Waals surface area contributed by atoms with Crippen molar-refractivity contribution in [3.8, 4) is 0 Å². The van der Waals surface area contributed by atoms with Gasteiger partial charge in [0.25, 0.3) is 0 Å². The van der Waals surface area contributed by atoms with Crippen LogP contribution in [0.15, 0.2) is 54.6 Å². The van der Waals surface area contributed by atoms with E-state index in [2.05, 4.69) is 22.0 Å². The third kappa shape index (κ3) is 2.70. The van der Waals surface area contributed by atoms with E-state index in [9.17, 15) is 8.78 Å². The van der Waals surface area contributed by atoms with Crippen molar-refractivity contribution in [1.82, 2.24) is 0 Å². The zero-order valence-electron chi connectivity index (χ0n) is 11.4. The first-order valence-corrected chi connectivity index (χ1v) is 7.56. The smallest absolute Gasteiger partial charge is 0.126 e. The SMILES string of the molecule is Cc1ccc2ccccc2c1C(Br)c1cc(F)cc(F)c1. The second-order valence-corrected chi connectivity index (χ2v) is 6.00. The van der Waals surface area contributed by atoms with E-state index in [-0.39, 0.29) is 4.83 Å². The molecule has 21 heavy (non-hydrogen) atoms. The van der Waals surface area contributed by atoms with Crippen LogP contribution in [0.4, 0.5) is 8.78 Å². The fourth-order valence-electron chi connectivity index (χ4n) is 2.63. The summed E-state index contributed by atoms with van der Waals surface area (Å²) in [7, 11) is 0. The summed E-state index contributed by atoms with van der Waals surface area (Å²) in [4.78, 5) is -0.256. The summed E-state index contributed by atoms with van der Waals surface area (Å²) in [5, 5.41) is 2.20. The molecule has 0 aromatic heterocycles. The Morgan fingerprint density at radius 2 is 1.57 bits per heavy atom. The Kier molecular flexibility index (Phi) is 3.77. The highest BCUT2D eigenvalue weighted by Gasteiger charge is 2.17. The van der Waals surface area contributed by atoms with E-state index in [0.29, 0.717) is 5.56 Å². The van der Waals surface area contributed by atoms with Crippen molar-refractivity contribution in [3.05, 3.63) is 82.9 Å². The highest BCUT2D eigenvalue weighted by atomic mass is 79.9. The number of rotatable bonds is 2. The third-order valence-corrected chi connectivity index (χ3v) is 4.61. The van der Waals surface area contributed by atoms with Crippen LogP contribution in [0.3, 0.4) is 0 Å². The van der Waals surface area contributed by atoms with Crippen LogP contribution < -0.4 is 0 Å². The van der Waals surface area contributed by atoms with Gasteiger partial charge in [0.1, 0.15) is 11.6 Å². The minimum atomic E-state index is -0.563. The fraction of sp³-hybridized carbons (Fsp3) is 0.111. The van der Waals surface area contributed by atoms with Crippen LogP contribution in [-0.4, -0.2) is 0 Å². The zero-order valence-corrected chi connectivity index (χ0v) is 13.0. The Morgan fingerprint density at radius 1 is 0.905 bits per heavy atom. The molecule has 0 bridgehead atoms. The van der Waals surface area contributed by atoms with Gasteiger partial charge in [-0.15, -0.1) is 0 Å². The van der Waals surface area contributed by atoms with E-state index < -0.39 is 11.6 Å². The molecule has 0 N–H and O–H groups in total. The van der Waals surface area contributed by atoms with Crippen LogP contribution in [0.25, 0.3) is 10.8 Å². The predicted octanol–water partition coefficient (Wildman–Crippen LogP) is 5.91. The number of benzene rings is 3. The average molecular weight is 347 g/mol. The molecule has 0 aliphatic heterocycles. The van der Waals surface area contributed by atoms with Crippen LogP contribution in [0.1, 0.15) is 21.5 Å². The molecule has 0 radical (unpaired) electrons. The van der Waals surface area contributed by atoms with Gasteiger partial charge in [-0.25, -0.2) is 8.78 Å². The van der Waals surface area contributed by atoms with Gasteiger partial charge in [0, 0.05) is 6.07 Å². The van der Waals surface area contributed by atoms with Crippen molar-refractivity contribution in [2.24, 2.45) is 0 Å². The second-order valence-electron chi connectivity index (χ2n) is 5.08. The van der Waals surface area contributed by atoms with Crippen molar-refractivity contribution in [2.75, 3.05) is 0 Å². The van der Waals surface area contributed by atoms with E-state index in [1.54, 1.807) is 0 Å². The molecule has 0 saturated carbocycles. The summed E-state index contributed by atoms with van der Waals surface area (Å²) in [5.74, 6) is -1.13. The van der Waals surface area contributed by atoms with Gasteiger partial charge in [-0.3, -0.25) is 0 Å². The van der Waals surface area contributed by atoms with Crippen molar-refractivity contribution in [3.63, 3.8) is 0 Å². The molecular formula is C18H13BrF2. The maximum atomic E-state index is 13.5. The van der Waals surface area contributed by atoms with Gasteiger partial charge in [-0.05, 0) is 46.5 Å². The summed E-state index contributed by atoms with van der Waals surface area (Å²) >= 11 is 3.60. The van der Waals surface area contributed by atoms with E-state index >= 15 is 0 Å². The second kappa shape index (κ2) is 5.57. The maximum Gasteiger partial charge on any atom is 0.126 e. The molecule has 1 atom stereocenters. The molecule has 0 spiro atoms. The largest absolute Gasteiger partial charge is 0.207 e. The molecule has 0 aliphatic carbocycles. The van der Waals surface area contributed by atoms with Gasteiger partial charge in [0.05, 0.1) is 4.83 Å². The molecule has 3 rings (SSSR count). The molecule has 1 unspecified atom stereocenters. The topological polar surface area (TPSA) is 0 Å². The minimum absolute atomic E-state index is 0.256. The molecular weight excluding hydrogens is 334 g/mol. The van der Waals surface area contributed by atoms with Gasteiger partial charge in [-0.2, -0.15) is 0 Å². The molecule has 0 amide bonds. The standard InChI is InChI=1S/C18H13BrF2/c1-11-6-7-12-4-2-3-5-16(12)17(11)18(19)13-8-14(20)10-15(21)9-13/h2-10,18H,1H3. The molecule has 0 heterocycles. The molecule has 0 fully saturated rings. The minimum Gasteiger partial charge on any atom is -0.207 e. The Hall–Kier alpha value is -1.74. The van der Waals surface area contributed by atoms with Gasteiger partial charge < -0.3 is 0 Å². The number of halogens is 3. The first-order chi connectivity index (χ1) is 10.1. The Bertz CT molecular complexity index is 791.